The number of benzene rings is 1. The van der Waals surface area contributed by atoms with Gasteiger partial charge in [-0.1, -0.05) is 28.1 Å². The van der Waals surface area contributed by atoms with E-state index in [1.165, 1.54) is 10.4 Å². The molecule has 0 aliphatic heterocycles. The van der Waals surface area contributed by atoms with Gasteiger partial charge in [0.05, 0.1) is 5.39 Å². The second-order valence-corrected chi connectivity index (χ2v) is 8.19. The summed E-state index contributed by atoms with van der Waals surface area (Å²) in [5.74, 6) is 0.951. The number of aromatic nitrogens is 2. The van der Waals surface area contributed by atoms with Gasteiger partial charge < -0.3 is 11.1 Å². The number of nitrogens with two attached hydrogens (primary N) is 1. The van der Waals surface area contributed by atoms with Crippen molar-refractivity contribution in [2.45, 2.75) is 32.2 Å². The zero-order valence-electron chi connectivity index (χ0n) is 13.7. The standard InChI is InChI=1S/C18H17BrN4OS/c1-9-21-17(14-12-6-3-7-13(12)25-18(14)22-9)23-15(16(20)24)10-4-2-5-11(19)8-10/h2,4-5,8,15H,3,6-7H2,1H3,(H2,20,24)(H,21,22,23). The highest BCUT2D eigenvalue weighted by Crippen LogP contribution is 2.40. The van der Waals surface area contributed by atoms with Gasteiger partial charge in [0, 0.05) is 9.35 Å². The summed E-state index contributed by atoms with van der Waals surface area (Å²) in [5.41, 5.74) is 7.80. The molecule has 1 aromatic carbocycles. The minimum atomic E-state index is -0.646. The Morgan fingerprint density at radius 2 is 2.20 bits per heavy atom. The summed E-state index contributed by atoms with van der Waals surface area (Å²) in [7, 11) is 0. The number of hydrogen-bond acceptors (Lipinski definition) is 5. The van der Waals surface area contributed by atoms with Crippen LogP contribution in [0.25, 0.3) is 10.2 Å². The monoisotopic (exact) mass is 416 g/mol. The maximum Gasteiger partial charge on any atom is 0.244 e. The fraction of sp³-hybridized carbons (Fsp3) is 0.278. The summed E-state index contributed by atoms with van der Waals surface area (Å²) in [6.07, 6.45) is 3.30. The zero-order valence-corrected chi connectivity index (χ0v) is 16.1. The molecule has 2 aromatic heterocycles. The number of thiophene rings is 1. The van der Waals surface area contributed by atoms with E-state index in [-0.39, 0.29) is 0 Å². The van der Waals surface area contributed by atoms with E-state index in [1.54, 1.807) is 11.3 Å². The first-order valence-corrected chi connectivity index (χ1v) is 9.74. The molecule has 0 saturated carbocycles. The summed E-state index contributed by atoms with van der Waals surface area (Å²) >= 11 is 5.18. The molecule has 0 bridgehead atoms. The van der Waals surface area contributed by atoms with Crippen LogP contribution in [0, 0.1) is 6.92 Å². The van der Waals surface area contributed by atoms with Crippen LogP contribution in [0.5, 0.6) is 0 Å². The molecule has 0 spiro atoms. The van der Waals surface area contributed by atoms with E-state index in [2.05, 4.69) is 31.2 Å². The first-order valence-electron chi connectivity index (χ1n) is 8.13. The molecule has 3 N–H and O–H groups in total. The van der Waals surface area contributed by atoms with E-state index in [9.17, 15) is 4.79 Å². The van der Waals surface area contributed by atoms with Crippen molar-refractivity contribution in [3.8, 4) is 0 Å². The molecule has 0 fully saturated rings. The summed E-state index contributed by atoms with van der Waals surface area (Å²) in [6, 6.07) is 6.94. The molecule has 1 aliphatic rings. The lowest BCUT2D eigenvalue weighted by Gasteiger charge is -2.18. The summed E-state index contributed by atoms with van der Waals surface area (Å²) in [5, 5.41) is 4.33. The predicted octanol–water partition coefficient (Wildman–Crippen LogP) is 3.89. The Morgan fingerprint density at radius 3 is 2.96 bits per heavy atom. The first kappa shape index (κ1) is 16.5. The van der Waals surface area contributed by atoms with Crippen molar-refractivity contribution in [3.05, 3.63) is 50.6 Å². The van der Waals surface area contributed by atoms with Crippen LogP contribution in [-0.4, -0.2) is 15.9 Å². The second-order valence-electron chi connectivity index (χ2n) is 6.19. The molecular formula is C18H17BrN4OS. The number of rotatable bonds is 4. The molecule has 1 aliphatic carbocycles. The SMILES string of the molecule is Cc1nc(NC(C(N)=O)c2cccc(Br)c2)c2c3c(sc2n1)CCC3. The molecule has 7 heteroatoms. The van der Waals surface area contributed by atoms with Crippen LogP contribution in [0.2, 0.25) is 0 Å². The molecule has 25 heavy (non-hydrogen) atoms. The number of primary amides is 1. The number of fused-ring (bicyclic) bond motifs is 3. The van der Waals surface area contributed by atoms with Crippen LogP contribution in [0.1, 0.15) is 34.3 Å². The molecule has 2 heterocycles. The van der Waals surface area contributed by atoms with Crippen LogP contribution < -0.4 is 11.1 Å². The molecule has 128 valence electrons. The van der Waals surface area contributed by atoms with Gasteiger partial charge in [0.25, 0.3) is 0 Å². The molecule has 3 aromatic rings. The lowest BCUT2D eigenvalue weighted by atomic mass is 10.1. The minimum Gasteiger partial charge on any atom is -0.368 e. The summed E-state index contributed by atoms with van der Waals surface area (Å²) < 4.78 is 0.901. The summed E-state index contributed by atoms with van der Waals surface area (Å²) in [4.78, 5) is 23.6. The molecule has 1 unspecified atom stereocenters. The maximum absolute atomic E-state index is 12.1. The van der Waals surface area contributed by atoms with Gasteiger partial charge in [-0.3, -0.25) is 4.79 Å². The van der Waals surface area contributed by atoms with Crippen molar-refractivity contribution in [1.29, 1.82) is 0 Å². The van der Waals surface area contributed by atoms with Crippen LogP contribution in [0.3, 0.4) is 0 Å². The van der Waals surface area contributed by atoms with Gasteiger partial charge in [0.1, 0.15) is 22.5 Å². The van der Waals surface area contributed by atoms with E-state index in [1.807, 2.05) is 31.2 Å². The zero-order chi connectivity index (χ0) is 17.6. The highest BCUT2D eigenvalue weighted by atomic mass is 79.9. The number of carbonyl (C=O) groups excluding carboxylic acids is 1. The van der Waals surface area contributed by atoms with Gasteiger partial charge in [0.15, 0.2) is 0 Å². The number of aryl methyl sites for hydroxylation is 3. The van der Waals surface area contributed by atoms with Gasteiger partial charge in [-0.25, -0.2) is 9.97 Å². The van der Waals surface area contributed by atoms with Crippen LogP contribution >= 0.6 is 27.3 Å². The average molecular weight is 417 g/mol. The van der Waals surface area contributed by atoms with E-state index >= 15 is 0 Å². The highest BCUT2D eigenvalue weighted by molar-refractivity contribution is 9.10. The van der Waals surface area contributed by atoms with Gasteiger partial charge in [-0.2, -0.15) is 0 Å². The van der Waals surface area contributed by atoms with Gasteiger partial charge in [-0.15, -0.1) is 11.3 Å². The molecule has 4 rings (SSSR count). The van der Waals surface area contributed by atoms with E-state index in [4.69, 9.17) is 5.73 Å². The normalized spacial score (nSPS) is 14.5. The second kappa shape index (κ2) is 6.38. The molecule has 0 saturated heterocycles. The Balaban J connectivity index is 1.82. The van der Waals surface area contributed by atoms with Crippen molar-refractivity contribution in [2.75, 3.05) is 5.32 Å². The minimum absolute atomic E-state index is 0.436. The Hall–Kier alpha value is -1.99. The topological polar surface area (TPSA) is 80.9 Å². The lowest BCUT2D eigenvalue weighted by Crippen LogP contribution is -2.28. The number of amides is 1. The van der Waals surface area contributed by atoms with Crippen molar-refractivity contribution < 1.29 is 4.79 Å². The van der Waals surface area contributed by atoms with Crippen molar-refractivity contribution >= 4 is 49.2 Å². The number of nitrogens with one attached hydrogen (secondary N) is 1. The van der Waals surface area contributed by atoms with E-state index < -0.39 is 11.9 Å². The molecule has 5 nitrogen and oxygen atoms in total. The Morgan fingerprint density at radius 1 is 1.36 bits per heavy atom. The third-order valence-electron chi connectivity index (χ3n) is 4.42. The highest BCUT2D eigenvalue weighted by Gasteiger charge is 2.25. The third kappa shape index (κ3) is 3.02. The van der Waals surface area contributed by atoms with Crippen molar-refractivity contribution in [3.63, 3.8) is 0 Å². The largest absolute Gasteiger partial charge is 0.368 e. The molecule has 1 atom stereocenters. The quantitative estimate of drug-likeness (QED) is 0.675. The lowest BCUT2D eigenvalue weighted by molar-refractivity contribution is -0.118. The van der Waals surface area contributed by atoms with Crippen LogP contribution in [-0.2, 0) is 17.6 Å². The van der Waals surface area contributed by atoms with Crippen molar-refractivity contribution in [1.82, 2.24) is 9.97 Å². The van der Waals surface area contributed by atoms with Gasteiger partial charge >= 0.3 is 0 Å². The Labute approximate surface area is 157 Å². The predicted molar refractivity (Wildman–Crippen MR) is 104 cm³/mol. The Kier molecular flexibility index (Phi) is 4.21. The third-order valence-corrected chi connectivity index (χ3v) is 6.10. The Bertz CT molecular complexity index is 985. The summed E-state index contributed by atoms with van der Waals surface area (Å²) in [6.45, 7) is 1.87. The fourth-order valence-electron chi connectivity index (χ4n) is 3.35. The number of nitrogens with zero attached hydrogens (tertiary/aromatic N) is 2. The first-order chi connectivity index (χ1) is 12.0. The van der Waals surface area contributed by atoms with Gasteiger partial charge in [-0.05, 0) is 49.4 Å². The fourth-order valence-corrected chi connectivity index (χ4v) is 5.07. The van der Waals surface area contributed by atoms with Gasteiger partial charge in [0.2, 0.25) is 5.91 Å². The molecule has 1 amide bonds. The number of halogens is 1. The van der Waals surface area contributed by atoms with Crippen molar-refractivity contribution in [2.24, 2.45) is 5.73 Å². The molecular weight excluding hydrogens is 400 g/mol. The molecule has 0 radical (unpaired) electrons. The number of carbonyl (C=O) groups is 1. The van der Waals surface area contributed by atoms with Crippen LogP contribution in [0.15, 0.2) is 28.7 Å². The number of anilines is 1. The average Bonchev–Trinajstić information content (AvgIpc) is 3.12. The maximum atomic E-state index is 12.1. The van der Waals surface area contributed by atoms with E-state index in [0.717, 1.165) is 39.5 Å². The number of hydrogen-bond donors (Lipinski definition) is 2. The van der Waals surface area contributed by atoms with Crippen LogP contribution in [0.4, 0.5) is 5.82 Å². The smallest absolute Gasteiger partial charge is 0.244 e. The van der Waals surface area contributed by atoms with E-state index in [0.29, 0.717) is 11.6 Å².